The summed E-state index contributed by atoms with van der Waals surface area (Å²) in [5, 5.41) is 0.311. The minimum absolute atomic E-state index is 0.0521. The summed E-state index contributed by atoms with van der Waals surface area (Å²) in [6.45, 7) is 8.21. The van der Waals surface area contributed by atoms with E-state index in [1.54, 1.807) is 49.4 Å². The summed E-state index contributed by atoms with van der Waals surface area (Å²) in [6, 6.07) is 17.9. The molecule has 0 amide bonds. The fraction of sp³-hybridized carbons (Fsp3) is 0.185. The maximum atomic E-state index is 12.9. The Bertz CT molecular complexity index is 1250. The van der Waals surface area contributed by atoms with E-state index in [0.29, 0.717) is 27.6 Å². The summed E-state index contributed by atoms with van der Waals surface area (Å²) in [4.78, 5) is 25.4. The van der Waals surface area contributed by atoms with Crippen LogP contribution < -0.4 is 9.47 Å². The third-order valence-electron chi connectivity index (χ3n) is 5.41. The first kappa shape index (κ1) is 21.8. The minimum atomic E-state index is -0.572. The molecule has 0 aliphatic carbocycles. The molecule has 5 heteroatoms. The SMILES string of the molecule is Cc1c(OC(=O)c2ccccc2Cl)ccc2c1O/C(=C\c1ccc(C(C)(C)C)cc1)C2=O. The highest BCUT2D eigenvalue weighted by molar-refractivity contribution is 6.33. The minimum Gasteiger partial charge on any atom is -0.452 e. The fourth-order valence-corrected chi connectivity index (χ4v) is 3.70. The topological polar surface area (TPSA) is 52.6 Å². The summed E-state index contributed by atoms with van der Waals surface area (Å²) in [6.07, 6.45) is 1.73. The number of carbonyl (C=O) groups excluding carboxylic acids is 2. The van der Waals surface area contributed by atoms with Gasteiger partial charge in [-0.1, -0.05) is 68.8 Å². The summed E-state index contributed by atoms with van der Waals surface area (Å²) < 4.78 is 11.4. The quantitative estimate of drug-likeness (QED) is 0.253. The van der Waals surface area contributed by atoms with E-state index in [0.717, 1.165) is 5.56 Å². The third kappa shape index (κ3) is 4.19. The van der Waals surface area contributed by atoms with E-state index in [9.17, 15) is 9.59 Å². The Morgan fingerprint density at radius 2 is 1.69 bits per heavy atom. The van der Waals surface area contributed by atoms with Crippen LogP contribution in [0.3, 0.4) is 0 Å². The van der Waals surface area contributed by atoms with E-state index in [-0.39, 0.29) is 22.5 Å². The smallest absolute Gasteiger partial charge is 0.345 e. The van der Waals surface area contributed by atoms with E-state index < -0.39 is 5.97 Å². The monoisotopic (exact) mass is 446 g/mol. The lowest BCUT2D eigenvalue weighted by Gasteiger charge is -2.18. The second-order valence-corrected chi connectivity index (χ2v) is 9.15. The van der Waals surface area contributed by atoms with Gasteiger partial charge in [0.1, 0.15) is 11.5 Å². The molecule has 3 aromatic carbocycles. The fourth-order valence-electron chi connectivity index (χ4n) is 3.49. The van der Waals surface area contributed by atoms with Crippen LogP contribution >= 0.6 is 11.6 Å². The van der Waals surface area contributed by atoms with Gasteiger partial charge >= 0.3 is 5.97 Å². The lowest BCUT2D eigenvalue weighted by Crippen LogP contribution is -2.10. The van der Waals surface area contributed by atoms with Crippen LogP contribution in [-0.4, -0.2) is 11.8 Å². The highest BCUT2D eigenvalue weighted by Gasteiger charge is 2.30. The van der Waals surface area contributed by atoms with E-state index in [1.165, 1.54) is 5.56 Å². The number of hydrogen-bond donors (Lipinski definition) is 0. The molecule has 162 valence electrons. The molecular weight excluding hydrogens is 424 g/mol. The van der Waals surface area contributed by atoms with Gasteiger partial charge < -0.3 is 9.47 Å². The molecule has 4 nitrogen and oxygen atoms in total. The predicted octanol–water partition coefficient (Wildman–Crippen LogP) is 6.78. The zero-order chi connectivity index (χ0) is 23.0. The van der Waals surface area contributed by atoms with Crippen LogP contribution in [0.4, 0.5) is 0 Å². The number of ether oxygens (including phenoxy) is 2. The van der Waals surface area contributed by atoms with Crippen LogP contribution in [0.1, 0.15) is 58.2 Å². The number of allylic oxidation sites excluding steroid dienone is 1. The van der Waals surface area contributed by atoms with Crippen molar-refractivity contribution in [2.75, 3.05) is 0 Å². The number of carbonyl (C=O) groups is 2. The molecule has 1 aliphatic heterocycles. The van der Waals surface area contributed by atoms with E-state index in [2.05, 4.69) is 32.9 Å². The summed E-state index contributed by atoms with van der Waals surface area (Å²) in [5.41, 5.74) is 3.42. The number of ketones is 1. The Balaban J connectivity index is 1.59. The van der Waals surface area contributed by atoms with Gasteiger partial charge in [-0.25, -0.2) is 4.79 Å². The van der Waals surface area contributed by atoms with Crippen LogP contribution in [0.15, 0.2) is 66.4 Å². The number of fused-ring (bicyclic) bond motifs is 1. The van der Waals surface area contributed by atoms with E-state index in [4.69, 9.17) is 21.1 Å². The average molecular weight is 447 g/mol. The van der Waals surface area contributed by atoms with Gasteiger partial charge in [0.05, 0.1) is 16.1 Å². The van der Waals surface area contributed by atoms with E-state index in [1.807, 2.05) is 12.1 Å². The normalized spacial score (nSPS) is 14.3. The van der Waals surface area contributed by atoms with Crippen LogP contribution in [0.25, 0.3) is 6.08 Å². The van der Waals surface area contributed by atoms with Crippen molar-refractivity contribution in [1.82, 2.24) is 0 Å². The van der Waals surface area contributed by atoms with Crippen LogP contribution in [0, 0.1) is 6.92 Å². The molecule has 0 bridgehead atoms. The van der Waals surface area contributed by atoms with Crippen molar-refractivity contribution >= 4 is 29.4 Å². The third-order valence-corrected chi connectivity index (χ3v) is 5.74. The molecule has 0 saturated heterocycles. The Hall–Kier alpha value is -3.37. The average Bonchev–Trinajstić information content (AvgIpc) is 3.06. The van der Waals surface area contributed by atoms with Crippen LogP contribution in [-0.2, 0) is 5.41 Å². The highest BCUT2D eigenvalue weighted by atomic mass is 35.5. The molecule has 0 saturated carbocycles. The van der Waals surface area contributed by atoms with Crippen LogP contribution in [0.2, 0.25) is 5.02 Å². The number of esters is 1. The maximum absolute atomic E-state index is 12.9. The van der Waals surface area contributed by atoms with Crippen molar-refractivity contribution in [3.63, 3.8) is 0 Å². The molecule has 0 aromatic heterocycles. The zero-order valence-corrected chi connectivity index (χ0v) is 19.1. The van der Waals surface area contributed by atoms with Gasteiger partial charge in [0.25, 0.3) is 0 Å². The largest absolute Gasteiger partial charge is 0.452 e. The van der Waals surface area contributed by atoms with Crippen molar-refractivity contribution in [1.29, 1.82) is 0 Å². The van der Waals surface area contributed by atoms with Gasteiger partial charge in [0.2, 0.25) is 5.78 Å². The predicted molar refractivity (Wildman–Crippen MR) is 126 cm³/mol. The van der Waals surface area contributed by atoms with E-state index >= 15 is 0 Å². The molecule has 0 radical (unpaired) electrons. The lowest BCUT2D eigenvalue weighted by molar-refractivity contribution is 0.0733. The first-order valence-electron chi connectivity index (χ1n) is 10.3. The Morgan fingerprint density at radius 3 is 2.34 bits per heavy atom. The molecule has 1 aliphatic rings. The first-order valence-corrected chi connectivity index (χ1v) is 10.7. The van der Waals surface area contributed by atoms with Crippen LogP contribution in [0.5, 0.6) is 11.5 Å². The standard InChI is InChI=1S/C27H23ClO4/c1-16-22(32-26(30)19-7-5-6-8-21(19)28)14-13-20-24(29)23(31-25(16)20)15-17-9-11-18(12-10-17)27(2,3)4/h5-15H,1-4H3/b23-15-. The second kappa shape index (κ2) is 8.29. The number of halogens is 1. The molecule has 0 N–H and O–H groups in total. The second-order valence-electron chi connectivity index (χ2n) is 8.75. The highest BCUT2D eigenvalue weighted by Crippen LogP contribution is 2.39. The Kier molecular flexibility index (Phi) is 5.66. The van der Waals surface area contributed by atoms with Crippen molar-refractivity contribution in [2.45, 2.75) is 33.1 Å². The molecule has 0 spiro atoms. The van der Waals surface area contributed by atoms with Gasteiger partial charge in [-0.2, -0.15) is 0 Å². The molecule has 32 heavy (non-hydrogen) atoms. The van der Waals surface area contributed by atoms with Crippen molar-refractivity contribution in [3.8, 4) is 11.5 Å². The van der Waals surface area contributed by atoms with Gasteiger partial charge in [-0.3, -0.25) is 4.79 Å². The Morgan fingerprint density at radius 1 is 1.00 bits per heavy atom. The van der Waals surface area contributed by atoms with Crippen molar-refractivity contribution < 1.29 is 19.1 Å². The zero-order valence-electron chi connectivity index (χ0n) is 18.4. The molecule has 4 rings (SSSR count). The molecule has 0 fully saturated rings. The first-order chi connectivity index (χ1) is 15.1. The molecule has 1 heterocycles. The van der Waals surface area contributed by atoms with Gasteiger partial charge in [0.15, 0.2) is 5.76 Å². The van der Waals surface area contributed by atoms with Crippen molar-refractivity contribution in [2.24, 2.45) is 0 Å². The number of rotatable bonds is 3. The maximum Gasteiger partial charge on any atom is 0.345 e. The Labute approximate surface area is 192 Å². The number of hydrogen-bond acceptors (Lipinski definition) is 4. The van der Waals surface area contributed by atoms with Gasteiger partial charge in [-0.05, 0) is 53.8 Å². The number of benzene rings is 3. The summed E-state index contributed by atoms with van der Waals surface area (Å²) in [5.74, 6) is 0.181. The number of Topliss-reactive ketones (excluding diaryl/α,β-unsaturated/α-hetero) is 1. The lowest BCUT2D eigenvalue weighted by atomic mass is 9.86. The molecule has 0 atom stereocenters. The molecular formula is C27H23ClO4. The molecule has 3 aromatic rings. The van der Waals surface area contributed by atoms with Gasteiger partial charge in [0, 0.05) is 5.56 Å². The summed E-state index contributed by atoms with van der Waals surface area (Å²) >= 11 is 6.09. The van der Waals surface area contributed by atoms with Crippen molar-refractivity contribution in [3.05, 3.63) is 99.3 Å². The summed E-state index contributed by atoms with van der Waals surface area (Å²) in [7, 11) is 0. The van der Waals surface area contributed by atoms with Gasteiger partial charge in [-0.15, -0.1) is 0 Å². The molecule has 0 unspecified atom stereocenters.